The Labute approximate surface area is 179 Å². The van der Waals surface area contributed by atoms with Crippen molar-refractivity contribution in [1.29, 1.82) is 0 Å². The van der Waals surface area contributed by atoms with Crippen molar-refractivity contribution in [2.24, 2.45) is 0 Å². The predicted octanol–water partition coefficient (Wildman–Crippen LogP) is 3.64. The number of carbonyl (C=O) groups is 3. The van der Waals surface area contributed by atoms with Crippen LogP contribution in [0.4, 0.5) is 22.7 Å². The van der Waals surface area contributed by atoms with Crippen LogP contribution in [0.2, 0.25) is 0 Å². The van der Waals surface area contributed by atoms with Gasteiger partial charge in [0.1, 0.15) is 0 Å². The minimum atomic E-state index is -2.43. The highest BCUT2D eigenvalue weighted by atomic mass is 16.5. The van der Waals surface area contributed by atoms with Crippen molar-refractivity contribution in [3.8, 4) is 0 Å². The highest BCUT2D eigenvalue weighted by Gasteiger charge is 2.58. The molecular formula is C24H21N3O4. The van der Waals surface area contributed by atoms with E-state index in [9.17, 15) is 14.4 Å². The van der Waals surface area contributed by atoms with E-state index < -0.39 is 23.3 Å². The van der Waals surface area contributed by atoms with Crippen molar-refractivity contribution in [3.05, 3.63) is 84.4 Å². The van der Waals surface area contributed by atoms with E-state index in [-0.39, 0.29) is 0 Å². The standard InChI is InChI=1S/C24H21N3O4/c1-16-10-9-15-19-20(16)27(18-13-7-4-8-14-18)23(30)24(31-2,22(29)26-19)21(28)25-17-11-5-3-6-12-17/h3-15H,1-2H3,(H,25,28)(H,26,29). The topological polar surface area (TPSA) is 87.7 Å². The van der Waals surface area contributed by atoms with E-state index in [1.54, 1.807) is 66.7 Å². The molecule has 1 atom stereocenters. The second kappa shape index (κ2) is 8.04. The van der Waals surface area contributed by atoms with E-state index in [1.807, 2.05) is 19.1 Å². The fourth-order valence-electron chi connectivity index (χ4n) is 3.66. The molecule has 7 nitrogen and oxygen atoms in total. The van der Waals surface area contributed by atoms with Crippen LogP contribution in [0, 0.1) is 6.92 Å². The first-order valence-electron chi connectivity index (χ1n) is 9.71. The number of rotatable bonds is 4. The molecule has 0 aliphatic carbocycles. The van der Waals surface area contributed by atoms with Gasteiger partial charge in [-0.05, 0) is 42.8 Å². The number of nitrogens with zero attached hydrogens (tertiary/aromatic N) is 1. The molecule has 4 rings (SSSR count). The zero-order valence-electron chi connectivity index (χ0n) is 17.1. The summed E-state index contributed by atoms with van der Waals surface area (Å²) in [7, 11) is 1.17. The number of amides is 3. The van der Waals surface area contributed by atoms with Crippen molar-refractivity contribution in [2.45, 2.75) is 12.5 Å². The normalized spacial score (nSPS) is 18.1. The summed E-state index contributed by atoms with van der Waals surface area (Å²) in [5.41, 5.74) is 0.164. The van der Waals surface area contributed by atoms with Gasteiger partial charge in [0.2, 0.25) is 0 Å². The van der Waals surface area contributed by atoms with Gasteiger partial charge in [-0.25, -0.2) is 0 Å². The Hall–Kier alpha value is -3.97. The number of para-hydroxylation sites is 3. The Bertz CT molecular complexity index is 1150. The fourth-order valence-corrected chi connectivity index (χ4v) is 3.66. The van der Waals surface area contributed by atoms with Crippen LogP contribution in [0.3, 0.4) is 0 Å². The lowest BCUT2D eigenvalue weighted by molar-refractivity contribution is -0.158. The van der Waals surface area contributed by atoms with Gasteiger partial charge in [0.25, 0.3) is 17.7 Å². The van der Waals surface area contributed by atoms with Crippen molar-refractivity contribution < 1.29 is 19.1 Å². The van der Waals surface area contributed by atoms with Gasteiger partial charge in [0.15, 0.2) is 0 Å². The zero-order chi connectivity index (χ0) is 22.0. The van der Waals surface area contributed by atoms with Gasteiger partial charge in [-0.2, -0.15) is 0 Å². The maximum Gasteiger partial charge on any atom is 0.305 e. The third kappa shape index (κ3) is 3.35. The van der Waals surface area contributed by atoms with E-state index in [2.05, 4.69) is 10.6 Å². The summed E-state index contributed by atoms with van der Waals surface area (Å²) in [6.07, 6.45) is 0. The second-order valence-electron chi connectivity index (χ2n) is 7.11. The molecule has 0 saturated carbocycles. The molecule has 0 bridgehead atoms. The van der Waals surface area contributed by atoms with Crippen LogP contribution >= 0.6 is 0 Å². The van der Waals surface area contributed by atoms with E-state index in [0.717, 1.165) is 5.56 Å². The highest BCUT2D eigenvalue weighted by molar-refractivity contribution is 6.37. The Morgan fingerprint density at radius 1 is 0.935 bits per heavy atom. The molecule has 7 heteroatoms. The molecule has 1 unspecified atom stereocenters. The lowest BCUT2D eigenvalue weighted by atomic mass is 9.98. The lowest BCUT2D eigenvalue weighted by Gasteiger charge is -2.31. The molecule has 1 aliphatic heterocycles. The van der Waals surface area contributed by atoms with Crippen molar-refractivity contribution in [2.75, 3.05) is 22.6 Å². The van der Waals surface area contributed by atoms with Crippen LogP contribution in [0.1, 0.15) is 5.56 Å². The van der Waals surface area contributed by atoms with Crippen LogP contribution in [-0.4, -0.2) is 30.4 Å². The fraction of sp³-hybridized carbons (Fsp3) is 0.125. The van der Waals surface area contributed by atoms with Crippen LogP contribution in [-0.2, 0) is 19.1 Å². The Morgan fingerprint density at radius 2 is 1.58 bits per heavy atom. The summed E-state index contributed by atoms with van der Waals surface area (Å²) in [5, 5.41) is 5.35. The third-order valence-corrected chi connectivity index (χ3v) is 5.21. The number of aryl methyl sites for hydroxylation is 1. The third-order valence-electron chi connectivity index (χ3n) is 5.21. The number of ether oxygens (including phenoxy) is 1. The van der Waals surface area contributed by atoms with Gasteiger partial charge in [-0.3, -0.25) is 19.3 Å². The number of benzene rings is 3. The first-order chi connectivity index (χ1) is 15.0. The first kappa shape index (κ1) is 20.3. The van der Waals surface area contributed by atoms with Crippen molar-refractivity contribution in [1.82, 2.24) is 0 Å². The molecule has 1 aliphatic rings. The number of nitrogens with one attached hydrogen (secondary N) is 2. The quantitative estimate of drug-likeness (QED) is 0.637. The number of fused-ring (bicyclic) bond motifs is 1. The van der Waals surface area contributed by atoms with Crippen LogP contribution < -0.4 is 15.5 Å². The van der Waals surface area contributed by atoms with E-state index in [1.165, 1.54) is 12.0 Å². The summed E-state index contributed by atoms with van der Waals surface area (Å²) in [6.45, 7) is 1.83. The number of carbonyl (C=O) groups excluding carboxylic acids is 3. The molecule has 1 heterocycles. The Morgan fingerprint density at radius 3 is 2.23 bits per heavy atom. The molecule has 3 amide bonds. The van der Waals surface area contributed by atoms with E-state index in [0.29, 0.717) is 22.7 Å². The maximum atomic E-state index is 13.9. The molecular weight excluding hydrogens is 394 g/mol. The Kier molecular flexibility index (Phi) is 5.27. The van der Waals surface area contributed by atoms with Gasteiger partial charge in [0.05, 0.1) is 11.4 Å². The largest absolute Gasteiger partial charge is 0.352 e. The van der Waals surface area contributed by atoms with Crippen LogP contribution in [0.5, 0.6) is 0 Å². The van der Waals surface area contributed by atoms with E-state index in [4.69, 9.17) is 4.74 Å². The lowest BCUT2D eigenvalue weighted by Crippen LogP contribution is -2.62. The SMILES string of the molecule is COC1(C(=O)Nc2ccccc2)C(=O)Nc2cccc(C)c2N(c2ccccc2)C1=O. The number of methoxy groups -OCH3 is 1. The van der Waals surface area contributed by atoms with Gasteiger partial charge in [0, 0.05) is 18.5 Å². The minimum Gasteiger partial charge on any atom is -0.352 e. The smallest absolute Gasteiger partial charge is 0.305 e. The second-order valence-corrected chi connectivity index (χ2v) is 7.11. The predicted molar refractivity (Wildman–Crippen MR) is 118 cm³/mol. The van der Waals surface area contributed by atoms with Crippen LogP contribution in [0.15, 0.2) is 78.9 Å². The summed E-state index contributed by atoms with van der Waals surface area (Å²) < 4.78 is 5.42. The molecule has 0 aromatic heterocycles. The molecule has 0 spiro atoms. The van der Waals surface area contributed by atoms with Gasteiger partial charge >= 0.3 is 5.60 Å². The summed E-state index contributed by atoms with van der Waals surface area (Å²) in [6, 6.07) is 22.7. The van der Waals surface area contributed by atoms with Gasteiger partial charge in [-0.1, -0.05) is 48.5 Å². The number of anilines is 4. The minimum absolute atomic E-state index is 0.411. The molecule has 3 aromatic rings. The average molecular weight is 415 g/mol. The molecule has 31 heavy (non-hydrogen) atoms. The van der Waals surface area contributed by atoms with Gasteiger partial charge < -0.3 is 15.4 Å². The summed E-state index contributed by atoms with van der Waals surface area (Å²) >= 11 is 0. The summed E-state index contributed by atoms with van der Waals surface area (Å²) in [5.74, 6) is -2.55. The highest BCUT2D eigenvalue weighted by Crippen LogP contribution is 2.40. The average Bonchev–Trinajstić information content (AvgIpc) is 2.87. The van der Waals surface area contributed by atoms with Crippen molar-refractivity contribution in [3.63, 3.8) is 0 Å². The molecule has 0 radical (unpaired) electrons. The zero-order valence-corrected chi connectivity index (χ0v) is 17.1. The first-order valence-corrected chi connectivity index (χ1v) is 9.71. The van der Waals surface area contributed by atoms with E-state index >= 15 is 0 Å². The monoisotopic (exact) mass is 415 g/mol. The summed E-state index contributed by atoms with van der Waals surface area (Å²) in [4.78, 5) is 42.0. The molecule has 2 N–H and O–H groups in total. The molecule has 0 fully saturated rings. The molecule has 0 saturated heterocycles. The number of hydrogen-bond acceptors (Lipinski definition) is 4. The van der Waals surface area contributed by atoms with Crippen molar-refractivity contribution >= 4 is 40.5 Å². The number of hydrogen-bond donors (Lipinski definition) is 2. The van der Waals surface area contributed by atoms with Gasteiger partial charge in [-0.15, -0.1) is 0 Å². The Balaban J connectivity index is 1.90. The molecule has 156 valence electrons. The van der Waals surface area contributed by atoms with Crippen LogP contribution in [0.25, 0.3) is 0 Å². The maximum absolute atomic E-state index is 13.9. The molecule has 3 aromatic carbocycles.